The highest BCUT2D eigenvalue weighted by molar-refractivity contribution is 7.99. The second kappa shape index (κ2) is 4.72. The van der Waals surface area contributed by atoms with Gasteiger partial charge in [-0.3, -0.25) is 4.79 Å². The largest absolute Gasteiger partial charge is 0.445 e. The molecule has 0 atom stereocenters. The van der Waals surface area contributed by atoms with Crippen LogP contribution in [0.1, 0.15) is 10.6 Å². The van der Waals surface area contributed by atoms with Crippen LogP contribution in [-0.2, 0) is 0 Å². The van der Waals surface area contributed by atoms with Crippen molar-refractivity contribution in [3.8, 4) is 0 Å². The van der Waals surface area contributed by atoms with Gasteiger partial charge in [0.1, 0.15) is 5.82 Å². The first-order valence-electron chi connectivity index (χ1n) is 4.38. The molecule has 0 amide bonds. The average Bonchev–Trinajstić information content (AvgIpc) is 2.70. The van der Waals surface area contributed by atoms with Crippen molar-refractivity contribution in [3.63, 3.8) is 0 Å². The number of carbonyl (C=O) groups is 1. The van der Waals surface area contributed by atoms with Crippen LogP contribution >= 0.6 is 23.4 Å². The van der Waals surface area contributed by atoms with E-state index in [-0.39, 0.29) is 11.6 Å². The SMILES string of the molecule is O=C(Cl)c1ccc(Sc2ccc(F)cc2)o1. The van der Waals surface area contributed by atoms with E-state index in [2.05, 4.69) is 0 Å². The fraction of sp³-hybridized carbons (Fsp3) is 0. The molecule has 2 rings (SSSR count). The molecule has 2 aromatic rings. The first kappa shape index (κ1) is 11.2. The van der Waals surface area contributed by atoms with Crippen LogP contribution in [0.15, 0.2) is 50.8 Å². The van der Waals surface area contributed by atoms with Crippen LogP contribution < -0.4 is 0 Å². The predicted octanol–water partition coefficient (Wildman–Crippen LogP) is 3.95. The molecule has 0 bridgehead atoms. The third-order valence-corrected chi connectivity index (χ3v) is 2.92. The summed E-state index contributed by atoms with van der Waals surface area (Å²) >= 11 is 6.54. The number of halogens is 2. The highest BCUT2D eigenvalue weighted by Crippen LogP contribution is 2.29. The molecular weight excluding hydrogens is 251 g/mol. The lowest BCUT2D eigenvalue weighted by Crippen LogP contribution is -1.81. The first-order chi connectivity index (χ1) is 7.65. The van der Waals surface area contributed by atoms with Crippen molar-refractivity contribution in [2.45, 2.75) is 9.99 Å². The van der Waals surface area contributed by atoms with Gasteiger partial charge < -0.3 is 4.42 Å². The Morgan fingerprint density at radius 1 is 1.19 bits per heavy atom. The lowest BCUT2D eigenvalue weighted by molar-refractivity contribution is 0.105. The van der Waals surface area contributed by atoms with E-state index < -0.39 is 5.24 Å². The molecule has 0 saturated heterocycles. The molecule has 1 aromatic heterocycles. The van der Waals surface area contributed by atoms with Crippen molar-refractivity contribution in [2.24, 2.45) is 0 Å². The summed E-state index contributed by atoms with van der Waals surface area (Å²) in [6.07, 6.45) is 0. The highest BCUT2D eigenvalue weighted by Gasteiger charge is 2.08. The molecule has 0 fully saturated rings. The van der Waals surface area contributed by atoms with Gasteiger partial charge in [0.15, 0.2) is 10.9 Å². The third-order valence-electron chi connectivity index (χ3n) is 1.81. The number of rotatable bonds is 3. The Balaban J connectivity index is 2.14. The van der Waals surface area contributed by atoms with Crippen molar-refractivity contribution in [3.05, 3.63) is 48.0 Å². The van der Waals surface area contributed by atoms with Crippen molar-refractivity contribution in [1.82, 2.24) is 0 Å². The summed E-state index contributed by atoms with van der Waals surface area (Å²) in [5.41, 5.74) is 0. The fourth-order valence-electron chi connectivity index (χ4n) is 1.10. The lowest BCUT2D eigenvalue weighted by Gasteiger charge is -1.96. The van der Waals surface area contributed by atoms with E-state index in [9.17, 15) is 9.18 Å². The molecule has 5 heteroatoms. The Bertz CT molecular complexity index is 507. The van der Waals surface area contributed by atoms with Crippen LogP contribution in [0.25, 0.3) is 0 Å². The van der Waals surface area contributed by atoms with Crippen LogP contribution in [0.5, 0.6) is 0 Å². The van der Waals surface area contributed by atoms with E-state index in [0.717, 1.165) is 4.90 Å². The van der Waals surface area contributed by atoms with E-state index in [0.29, 0.717) is 5.09 Å². The maximum absolute atomic E-state index is 12.6. The smallest absolute Gasteiger partial charge is 0.287 e. The topological polar surface area (TPSA) is 30.2 Å². The summed E-state index contributed by atoms with van der Waals surface area (Å²) in [5, 5.41) is -0.0958. The Morgan fingerprint density at radius 2 is 1.88 bits per heavy atom. The van der Waals surface area contributed by atoms with E-state index >= 15 is 0 Å². The molecule has 16 heavy (non-hydrogen) atoms. The van der Waals surface area contributed by atoms with Gasteiger partial charge in [-0.05, 0) is 48.0 Å². The zero-order chi connectivity index (χ0) is 11.5. The van der Waals surface area contributed by atoms with E-state index in [1.165, 1.54) is 30.0 Å². The molecule has 0 aliphatic carbocycles. The summed E-state index contributed by atoms with van der Waals surface area (Å²) in [6, 6.07) is 9.12. The highest BCUT2D eigenvalue weighted by atomic mass is 35.5. The second-order valence-corrected chi connectivity index (χ2v) is 4.37. The van der Waals surface area contributed by atoms with Crippen molar-refractivity contribution in [1.29, 1.82) is 0 Å². The minimum absolute atomic E-state index is 0.103. The predicted molar refractivity (Wildman–Crippen MR) is 59.4 cm³/mol. The van der Waals surface area contributed by atoms with E-state index in [4.69, 9.17) is 16.0 Å². The Labute approximate surface area is 100 Å². The average molecular weight is 257 g/mol. The van der Waals surface area contributed by atoms with Crippen molar-refractivity contribution < 1.29 is 13.6 Å². The summed E-state index contributed by atoms with van der Waals surface area (Å²) in [6.45, 7) is 0. The van der Waals surface area contributed by atoms with Crippen LogP contribution in [0.2, 0.25) is 0 Å². The summed E-state index contributed by atoms with van der Waals surface area (Å²) < 4.78 is 17.8. The van der Waals surface area contributed by atoms with Gasteiger partial charge in [0.2, 0.25) is 0 Å². The number of carbonyl (C=O) groups excluding carboxylic acids is 1. The maximum atomic E-state index is 12.6. The monoisotopic (exact) mass is 256 g/mol. The number of hydrogen-bond donors (Lipinski definition) is 0. The normalized spacial score (nSPS) is 10.4. The van der Waals surface area contributed by atoms with Crippen LogP contribution in [-0.4, -0.2) is 5.24 Å². The molecule has 0 saturated carbocycles. The van der Waals surface area contributed by atoms with E-state index in [1.54, 1.807) is 18.2 Å². The second-order valence-electron chi connectivity index (χ2n) is 2.95. The molecule has 82 valence electrons. The summed E-state index contributed by atoms with van der Waals surface area (Å²) in [7, 11) is 0. The van der Waals surface area contributed by atoms with Gasteiger partial charge in [-0.15, -0.1) is 0 Å². The zero-order valence-electron chi connectivity index (χ0n) is 7.94. The number of benzene rings is 1. The van der Waals surface area contributed by atoms with Gasteiger partial charge in [0.25, 0.3) is 5.24 Å². The quantitative estimate of drug-likeness (QED) is 0.779. The molecule has 0 spiro atoms. The van der Waals surface area contributed by atoms with Gasteiger partial charge in [0, 0.05) is 4.90 Å². The molecule has 0 aliphatic heterocycles. The molecule has 1 aromatic carbocycles. The lowest BCUT2D eigenvalue weighted by atomic mass is 10.4. The minimum Gasteiger partial charge on any atom is -0.445 e. The molecule has 1 heterocycles. The van der Waals surface area contributed by atoms with Gasteiger partial charge in [0.05, 0.1) is 0 Å². The van der Waals surface area contributed by atoms with E-state index in [1.807, 2.05) is 0 Å². The fourth-order valence-corrected chi connectivity index (χ4v) is 1.97. The van der Waals surface area contributed by atoms with Crippen molar-refractivity contribution >= 4 is 28.6 Å². The standard InChI is InChI=1S/C11H6ClFO2S/c12-11(14)9-5-6-10(15-9)16-8-3-1-7(13)2-4-8/h1-6H. The maximum Gasteiger partial charge on any atom is 0.287 e. The number of hydrogen-bond acceptors (Lipinski definition) is 3. The van der Waals surface area contributed by atoms with Gasteiger partial charge in [-0.25, -0.2) is 4.39 Å². The molecular formula is C11H6ClFO2S. The first-order valence-corrected chi connectivity index (χ1v) is 5.58. The van der Waals surface area contributed by atoms with Crippen LogP contribution in [0, 0.1) is 5.82 Å². The summed E-state index contributed by atoms with van der Waals surface area (Å²) in [4.78, 5) is 11.6. The van der Waals surface area contributed by atoms with Gasteiger partial charge in [-0.1, -0.05) is 11.8 Å². The molecule has 2 nitrogen and oxygen atoms in total. The Hall–Kier alpha value is -1.26. The number of furan rings is 1. The molecule has 0 radical (unpaired) electrons. The molecule has 0 N–H and O–H groups in total. The van der Waals surface area contributed by atoms with Gasteiger partial charge in [-0.2, -0.15) is 0 Å². The summed E-state index contributed by atoms with van der Waals surface area (Å²) in [5.74, 6) is -0.188. The minimum atomic E-state index is -0.633. The van der Waals surface area contributed by atoms with Crippen molar-refractivity contribution in [2.75, 3.05) is 0 Å². The van der Waals surface area contributed by atoms with Gasteiger partial charge >= 0.3 is 0 Å². The Kier molecular flexibility index (Phi) is 3.31. The molecule has 0 unspecified atom stereocenters. The third kappa shape index (κ3) is 2.65. The Morgan fingerprint density at radius 3 is 2.44 bits per heavy atom. The zero-order valence-corrected chi connectivity index (χ0v) is 9.52. The molecule has 0 aliphatic rings. The van der Waals surface area contributed by atoms with Crippen LogP contribution in [0.3, 0.4) is 0 Å². The van der Waals surface area contributed by atoms with Crippen LogP contribution in [0.4, 0.5) is 4.39 Å².